The summed E-state index contributed by atoms with van der Waals surface area (Å²) in [6, 6.07) is 70.7. The van der Waals surface area contributed by atoms with Crippen molar-refractivity contribution < 1.29 is 0 Å². The molecule has 0 spiro atoms. The first-order chi connectivity index (χ1) is 23.8. The monoisotopic (exact) mass is 608 g/mol. The highest BCUT2D eigenvalue weighted by molar-refractivity contribution is 6.21. The molecule has 0 aliphatic carbocycles. The van der Waals surface area contributed by atoms with Crippen LogP contribution < -0.4 is 0 Å². The van der Waals surface area contributed by atoms with Crippen molar-refractivity contribution in [1.82, 2.24) is 0 Å². The van der Waals surface area contributed by atoms with Crippen LogP contribution in [-0.2, 0) is 0 Å². The molecule has 0 aromatic heterocycles. The summed E-state index contributed by atoms with van der Waals surface area (Å²) in [5, 5.41) is 7.57. The quantitative estimate of drug-likeness (QED) is 0.171. The molecule has 9 rings (SSSR count). The first kappa shape index (κ1) is 28.0. The maximum Gasteiger partial charge on any atom is -0.00261 e. The van der Waals surface area contributed by atoms with E-state index in [9.17, 15) is 0 Å². The van der Waals surface area contributed by atoms with Crippen LogP contribution in [0.25, 0.3) is 88.0 Å². The zero-order valence-electron chi connectivity index (χ0n) is 26.5. The number of fused-ring (bicyclic) bond motifs is 3. The summed E-state index contributed by atoms with van der Waals surface area (Å²) < 4.78 is 0. The molecule has 9 aromatic rings. The topological polar surface area (TPSA) is 0 Å². The summed E-state index contributed by atoms with van der Waals surface area (Å²) in [4.78, 5) is 0. The lowest BCUT2D eigenvalue weighted by molar-refractivity contribution is 1.57. The molecule has 224 valence electrons. The van der Waals surface area contributed by atoms with Gasteiger partial charge in [-0.3, -0.25) is 0 Å². The average molecular weight is 609 g/mol. The minimum atomic E-state index is 1.20. The minimum Gasteiger partial charge on any atom is -0.0622 e. The van der Waals surface area contributed by atoms with Crippen molar-refractivity contribution in [2.24, 2.45) is 0 Å². The van der Waals surface area contributed by atoms with Gasteiger partial charge in [0.15, 0.2) is 0 Å². The summed E-state index contributed by atoms with van der Waals surface area (Å²) in [6.45, 7) is 0. The van der Waals surface area contributed by atoms with Crippen LogP contribution >= 0.6 is 0 Å². The Bertz CT molecular complexity index is 2510. The van der Waals surface area contributed by atoms with Gasteiger partial charge >= 0.3 is 0 Å². The van der Waals surface area contributed by atoms with E-state index in [0.717, 1.165) is 0 Å². The number of hydrogen-bond donors (Lipinski definition) is 0. The lowest BCUT2D eigenvalue weighted by Crippen LogP contribution is -1.93. The normalized spacial score (nSPS) is 11.3. The maximum absolute atomic E-state index is 2.42. The number of benzene rings is 9. The Kier molecular flexibility index (Phi) is 6.91. The molecule has 48 heavy (non-hydrogen) atoms. The van der Waals surface area contributed by atoms with Gasteiger partial charge in [-0.2, -0.15) is 0 Å². The van der Waals surface area contributed by atoms with Crippen LogP contribution in [0.4, 0.5) is 0 Å². The van der Waals surface area contributed by atoms with E-state index in [1.165, 1.54) is 88.0 Å². The third-order valence-electron chi connectivity index (χ3n) is 9.69. The van der Waals surface area contributed by atoms with E-state index in [-0.39, 0.29) is 0 Å². The van der Waals surface area contributed by atoms with Gasteiger partial charge in [0.05, 0.1) is 0 Å². The van der Waals surface area contributed by atoms with Crippen molar-refractivity contribution in [1.29, 1.82) is 0 Å². The van der Waals surface area contributed by atoms with Gasteiger partial charge in [-0.25, -0.2) is 0 Å². The van der Waals surface area contributed by atoms with E-state index in [1.54, 1.807) is 0 Å². The highest BCUT2D eigenvalue weighted by Crippen LogP contribution is 2.46. The smallest absolute Gasteiger partial charge is 0.00261 e. The fraction of sp³-hybridized carbons (Fsp3) is 0. The van der Waals surface area contributed by atoms with Crippen LogP contribution in [-0.4, -0.2) is 0 Å². The predicted molar refractivity (Wildman–Crippen MR) is 206 cm³/mol. The molecule has 0 N–H and O–H groups in total. The zero-order chi connectivity index (χ0) is 31.9. The molecule has 0 unspecified atom stereocenters. The van der Waals surface area contributed by atoms with Crippen molar-refractivity contribution in [3.8, 4) is 55.6 Å². The van der Waals surface area contributed by atoms with E-state index in [2.05, 4.69) is 194 Å². The van der Waals surface area contributed by atoms with Gasteiger partial charge in [-0.15, -0.1) is 0 Å². The molecule has 0 heterocycles. The van der Waals surface area contributed by atoms with E-state index in [0.29, 0.717) is 0 Å². The molecule has 9 aromatic carbocycles. The van der Waals surface area contributed by atoms with Crippen LogP contribution in [0.1, 0.15) is 0 Å². The van der Waals surface area contributed by atoms with E-state index in [1.807, 2.05) is 0 Å². The van der Waals surface area contributed by atoms with Gasteiger partial charge in [0.2, 0.25) is 0 Å². The molecule has 0 nitrogen and oxygen atoms in total. The molecule has 0 fully saturated rings. The molecule has 0 amide bonds. The minimum absolute atomic E-state index is 1.20. The van der Waals surface area contributed by atoms with Crippen LogP contribution in [0.15, 0.2) is 194 Å². The van der Waals surface area contributed by atoms with Crippen molar-refractivity contribution in [2.75, 3.05) is 0 Å². The van der Waals surface area contributed by atoms with Crippen molar-refractivity contribution in [3.05, 3.63) is 194 Å². The Labute approximate surface area is 281 Å². The van der Waals surface area contributed by atoms with Crippen LogP contribution in [0, 0.1) is 0 Å². The molecule has 0 saturated carbocycles. The highest BCUT2D eigenvalue weighted by atomic mass is 14.2. The third kappa shape index (κ3) is 4.78. The summed E-state index contributed by atoms with van der Waals surface area (Å²) in [7, 11) is 0. The Hall–Kier alpha value is -6.24. The fourth-order valence-electron chi connectivity index (χ4n) is 7.46. The van der Waals surface area contributed by atoms with Gasteiger partial charge in [-0.1, -0.05) is 188 Å². The van der Waals surface area contributed by atoms with Gasteiger partial charge in [-0.05, 0) is 94.0 Å². The largest absolute Gasteiger partial charge is 0.0622 e. The molecule has 0 heteroatoms. The summed E-state index contributed by atoms with van der Waals surface area (Å²) >= 11 is 0. The summed E-state index contributed by atoms with van der Waals surface area (Å²) in [5.41, 5.74) is 12.4. The predicted octanol–water partition coefficient (Wildman–Crippen LogP) is 13.5. The standard InChI is InChI=1S/C48H32/c1-3-14-33(15-4-1)34-26-28-36(29-27-34)46-32-38(30-31-41(46)40-25-13-19-35-16-7-8-20-39(35)40)48-44-23-11-9-21-42(44)47(37-17-5-2-6-18-37)43-22-10-12-24-45(43)48/h1-32H. The lowest BCUT2D eigenvalue weighted by atomic mass is 9.84. The van der Waals surface area contributed by atoms with Gasteiger partial charge in [0.1, 0.15) is 0 Å². The molecule has 0 bridgehead atoms. The first-order valence-electron chi connectivity index (χ1n) is 16.6. The second kappa shape index (κ2) is 11.8. The Morgan fingerprint density at radius 3 is 1.27 bits per heavy atom. The van der Waals surface area contributed by atoms with E-state index >= 15 is 0 Å². The maximum atomic E-state index is 2.42. The average Bonchev–Trinajstić information content (AvgIpc) is 3.17. The van der Waals surface area contributed by atoms with E-state index < -0.39 is 0 Å². The van der Waals surface area contributed by atoms with Crippen molar-refractivity contribution >= 4 is 32.3 Å². The molecular formula is C48H32. The molecule has 0 radical (unpaired) electrons. The summed E-state index contributed by atoms with van der Waals surface area (Å²) in [5.74, 6) is 0. The second-order valence-electron chi connectivity index (χ2n) is 12.4. The highest BCUT2D eigenvalue weighted by Gasteiger charge is 2.19. The Morgan fingerprint density at radius 1 is 0.208 bits per heavy atom. The second-order valence-corrected chi connectivity index (χ2v) is 12.4. The molecule has 0 aliphatic heterocycles. The first-order valence-corrected chi connectivity index (χ1v) is 16.6. The molecule has 0 saturated heterocycles. The third-order valence-corrected chi connectivity index (χ3v) is 9.69. The Balaban J connectivity index is 1.32. The molecule has 0 atom stereocenters. The molecule has 0 aliphatic rings. The van der Waals surface area contributed by atoms with Crippen LogP contribution in [0.2, 0.25) is 0 Å². The van der Waals surface area contributed by atoms with Crippen molar-refractivity contribution in [3.63, 3.8) is 0 Å². The Morgan fingerprint density at radius 2 is 0.646 bits per heavy atom. The number of hydrogen-bond acceptors (Lipinski definition) is 0. The SMILES string of the molecule is c1ccc(-c2ccc(-c3cc(-c4c5ccccc5c(-c5ccccc5)c5ccccc45)ccc3-c3cccc4ccccc34)cc2)cc1. The summed E-state index contributed by atoms with van der Waals surface area (Å²) in [6.07, 6.45) is 0. The molecular weight excluding hydrogens is 577 g/mol. The van der Waals surface area contributed by atoms with Gasteiger partial charge in [0, 0.05) is 0 Å². The lowest BCUT2D eigenvalue weighted by Gasteiger charge is -2.20. The van der Waals surface area contributed by atoms with Gasteiger partial charge < -0.3 is 0 Å². The van der Waals surface area contributed by atoms with Gasteiger partial charge in [0.25, 0.3) is 0 Å². The van der Waals surface area contributed by atoms with Crippen LogP contribution in [0.5, 0.6) is 0 Å². The van der Waals surface area contributed by atoms with E-state index in [4.69, 9.17) is 0 Å². The van der Waals surface area contributed by atoms with Crippen molar-refractivity contribution in [2.45, 2.75) is 0 Å². The number of rotatable bonds is 5. The van der Waals surface area contributed by atoms with Crippen LogP contribution in [0.3, 0.4) is 0 Å². The fourth-order valence-corrected chi connectivity index (χ4v) is 7.46. The zero-order valence-corrected chi connectivity index (χ0v) is 26.5.